The predicted molar refractivity (Wildman–Crippen MR) is 93.1 cm³/mol. The van der Waals surface area contributed by atoms with Crippen molar-refractivity contribution in [3.63, 3.8) is 0 Å². The standard InChI is InChI=1S/C14H19N5O3S2/c1-3-9(2)16-12(21)17-11(20)8-23-14-19-18-13(24-14)15-7-10-5-4-6-22-10/h4-6,9H,3,7-8H2,1-2H3,(H,15,18)(H2,16,17,20,21)/t9-/m1/s1. The van der Waals surface area contributed by atoms with Crippen LogP contribution in [0, 0.1) is 0 Å². The molecule has 0 spiro atoms. The average Bonchev–Trinajstić information content (AvgIpc) is 3.22. The number of nitrogens with zero attached hydrogens (tertiary/aromatic N) is 2. The van der Waals surface area contributed by atoms with E-state index in [1.807, 2.05) is 26.0 Å². The summed E-state index contributed by atoms with van der Waals surface area (Å²) >= 11 is 2.57. The lowest BCUT2D eigenvalue weighted by Gasteiger charge is -2.11. The number of nitrogens with one attached hydrogen (secondary N) is 3. The first-order valence-electron chi connectivity index (χ1n) is 7.39. The maximum atomic E-state index is 11.7. The van der Waals surface area contributed by atoms with Crippen LogP contribution in [-0.4, -0.2) is 33.9 Å². The van der Waals surface area contributed by atoms with Crippen molar-refractivity contribution in [2.75, 3.05) is 11.1 Å². The molecule has 8 nitrogen and oxygen atoms in total. The molecule has 10 heteroatoms. The summed E-state index contributed by atoms with van der Waals surface area (Å²) in [5, 5.41) is 16.7. The lowest BCUT2D eigenvalue weighted by Crippen LogP contribution is -2.43. The monoisotopic (exact) mass is 369 g/mol. The minimum atomic E-state index is -0.479. The highest BCUT2D eigenvalue weighted by molar-refractivity contribution is 8.01. The van der Waals surface area contributed by atoms with Gasteiger partial charge in [0.15, 0.2) is 4.34 Å². The van der Waals surface area contributed by atoms with Crippen LogP contribution < -0.4 is 16.0 Å². The number of furan rings is 1. The Balaban J connectivity index is 1.70. The summed E-state index contributed by atoms with van der Waals surface area (Å²) in [6, 6.07) is 3.22. The number of amides is 3. The van der Waals surface area contributed by atoms with Crippen molar-refractivity contribution in [1.82, 2.24) is 20.8 Å². The minimum absolute atomic E-state index is 0.0245. The molecule has 130 valence electrons. The van der Waals surface area contributed by atoms with Gasteiger partial charge in [0.25, 0.3) is 0 Å². The molecule has 3 amide bonds. The summed E-state index contributed by atoms with van der Waals surface area (Å²) < 4.78 is 5.86. The van der Waals surface area contributed by atoms with Crippen LogP contribution in [0.5, 0.6) is 0 Å². The van der Waals surface area contributed by atoms with Crippen molar-refractivity contribution >= 4 is 40.2 Å². The van der Waals surface area contributed by atoms with Gasteiger partial charge >= 0.3 is 6.03 Å². The van der Waals surface area contributed by atoms with Crippen molar-refractivity contribution < 1.29 is 14.0 Å². The van der Waals surface area contributed by atoms with Gasteiger partial charge in [0.05, 0.1) is 18.6 Å². The number of urea groups is 1. The molecule has 1 atom stereocenters. The lowest BCUT2D eigenvalue weighted by atomic mass is 10.3. The van der Waals surface area contributed by atoms with Gasteiger partial charge in [0.2, 0.25) is 11.0 Å². The van der Waals surface area contributed by atoms with Crippen LogP contribution in [0.3, 0.4) is 0 Å². The smallest absolute Gasteiger partial charge is 0.321 e. The molecule has 0 bridgehead atoms. The SMILES string of the molecule is CC[C@@H](C)NC(=O)NC(=O)CSc1nnc(NCc2ccco2)s1. The molecule has 0 aliphatic rings. The molecule has 0 aliphatic heterocycles. The zero-order chi connectivity index (χ0) is 17.4. The topological polar surface area (TPSA) is 109 Å². The molecule has 2 aromatic heterocycles. The van der Waals surface area contributed by atoms with E-state index in [2.05, 4.69) is 26.1 Å². The molecule has 2 aromatic rings. The van der Waals surface area contributed by atoms with E-state index in [-0.39, 0.29) is 17.7 Å². The lowest BCUT2D eigenvalue weighted by molar-refractivity contribution is -0.117. The zero-order valence-electron chi connectivity index (χ0n) is 13.4. The van der Waals surface area contributed by atoms with E-state index in [9.17, 15) is 9.59 Å². The number of imide groups is 1. The van der Waals surface area contributed by atoms with Crippen molar-refractivity contribution in [2.45, 2.75) is 37.2 Å². The summed E-state index contributed by atoms with van der Waals surface area (Å²) in [7, 11) is 0. The van der Waals surface area contributed by atoms with Gasteiger partial charge in [-0.15, -0.1) is 10.2 Å². The third kappa shape index (κ3) is 6.20. The van der Waals surface area contributed by atoms with Gasteiger partial charge in [-0.1, -0.05) is 30.0 Å². The molecule has 24 heavy (non-hydrogen) atoms. The number of carbonyl (C=O) groups is 2. The van der Waals surface area contributed by atoms with E-state index in [0.717, 1.165) is 12.2 Å². The third-order valence-corrected chi connectivity index (χ3v) is 4.98. The Kier molecular flexibility index (Phi) is 7.07. The van der Waals surface area contributed by atoms with Crippen LogP contribution in [0.2, 0.25) is 0 Å². The van der Waals surface area contributed by atoms with Crippen LogP contribution in [0.4, 0.5) is 9.93 Å². The Morgan fingerprint density at radius 2 is 2.25 bits per heavy atom. The second-order valence-corrected chi connectivity index (χ2v) is 7.13. The first-order chi connectivity index (χ1) is 11.6. The number of hydrogen-bond acceptors (Lipinski definition) is 8. The largest absolute Gasteiger partial charge is 0.467 e. The van der Waals surface area contributed by atoms with Crippen LogP contribution in [0.25, 0.3) is 0 Å². The Morgan fingerprint density at radius 1 is 1.42 bits per heavy atom. The van der Waals surface area contributed by atoms with Gasteiger partial charge in [-0.05, 0) is 25.5 Å². The molecule has 2 rings (SSSR count). The van der Waals surface area contributed by atoms with E-state index in [1.54, 1.807) is 6.26 Å². The van der Waals surface area contributed by atoms with Crippen molar-refractivity contribution in [1.29, 1.82) is 0 Å². The van der Waals surface area contributed by atoms with E-state index in [1.165, 1.54) is 23.1 Å². The summed E-state index contributed by atoms with van der Waals surface area (Å²) in [6.07, 6.45) is 2.41. The number of hydrogen-bond donors (Lipinski definition) is 3. The quantitative estimate of drug-likeness (QED) is 0.613. The van der Waals surface area contributed by atoms with E-state index in [4.69, 9.17) is 4.42 Å². The highest BCUT2D eigenvalue weighted by atomic mass is 32.2. The number of carbonyl (C=O) groups excluding carboxylic acids is 2. The zero-order valence-corrected chi connectivity index (χ0v) is 15.0. The number of rotatable bonds is 8. The van der Waals surface area contributed by atoms with E-state index in [0.29, 0.717) is 16.0 Å². The van der Waals surface area contributed by atoms with Gasteiger partial charge in [-0.25, -0.2) is 4.79 Å². The maximum absolute atomic E-state index is 11.7. The molecule has 0 saturated heterocycles. The molecule has 0 aromatic carbocycles. The van der Waals surface area contributed by atoms with Crippen molar-refractivity contribution in [3.8, 4) is 0 Å². The summed E-state index contributed by atoms with van der Waals surface area (Å²) in [5.74, 6) is 0.521. The van der Waals surface area contributed by atoms with Crippen LogP contribution in [0.15, 0.2) is 27.2 Å². The molecule has 0 unspecified atom stereocenters. The molecule has 0 aliphatic carbocycles. The van der Waals surface area contributed by atoms with E-state index < -0.39 is 6.03 Å². The number of thioether (sulfide) groups is 1. The fourth-order valence-electron chi connectivity index (χ4n) is 1.57. The van der Waals surface area contributed by atoms with E-state index >= 15 is 0 Å². The molecular weight excluding hydrogens is 350 g/mol. The number of aromatic nitrogens is 2. The Morgan fingerprint density at radius 3 is 2.96 bits per heavy atom. The molecule has 3 N–H and O–H groups in total. The molecule has 0 radical (unpaired) electrons. The summed E-state index contributed by atoms with van der Waals surface area (Å²) in [6.45, 7) is 4.34. The maximum Gasteiger partial charge on any atom is 0.321 e. The summed E-state index contributed by atoms with van der Waals surface area (Å²) in [4.78, 5) is 23.3. The fourth-order valence-corrected chi connectivity index (χ4v) is 3.11. The molecule has 0 saturated carbocycles. The Labute approximate surface area is 147 Å². The fraction of sp³-hybridized carbons (Fsp3) is 0.429. The molecular formula is C14H19N5O3S2. The second-order valence-electron chi connectivity index (χ2n) is 4.93. The Bertz CT molecular complexity index is 659. The minimum Gasteiger partial charge on any atom is -0.467 e. The van der Waals surface area contributed by atoms with Gasteiger partial charge < -0.3 is 15.1 Å². The number of anilines is 1. The Hall–Kier alpha value is -2.07. The highest BCUT2D eigenvalue weighted by Crippen LogP contribution is 2.25. The van der Waals surface area contributed by atoms with Gasteiger partial charge in [0, 0.05) is 6.04 Å². The van der Waals surface area contributed by atoms with Crippen LogP contribution in [0.1, 0.15) is 26.0 Å². The van der Waals surface area contributed by atoms with Gasteiger partial charge in [-0.3, -0.25) is 10.1 Å². The summed E-state index contributed by atoms with van der Waals surface area (Å²) in [5.41, 5.74) is 0. The van der Waals surface area contributed by atoms with Gasteiger partial charge in [-0.2, -0.15) is 0 Å². The normalized spacial score (nSPS) is 11.8. The van der Waals surface area contributed by atoms with Crippen LogP contribution >= 0.6 is 23.1 Å². The average molecular weight is 369 g/mol. The molecule has 0 fully saturated rings. The van der Waals surface area contributed by atoms with Gasteiger partial charge in [0.1, 0.15) is 5.76 Å². The van der Waals surface area contributed by atoms with Crippen LogP contribution in [-0.2, 0) is 11.3 Å². The van der Waals surface area contributed by atoms with Crippen molar-refractivity contribution in [2.24, 2.45) is 0 Å². The third-order valence-electron chi connectivity index (χ3n) is 2.97. The first kappa shape index (κ1) is 18.3. The first-order valence-corrected chi connectivity index (χ1v) is 9.20. The second kappa shape index (κ2) is 9.28. The highest BCUT2D eigenvalue weighted by Gasteiger charge is 2.12. The van der Waals surface area contributed by atoms with Crippen molar-refractivity contribution in [3.05, 3.63) is 24.2 Å². The predicted octanol–water partition coefficient (Wildman–Crippen LogP) is 2.46. The molecule has 2 heterocycles.